The number of guanidine groups is 1. The van der Waals surface area contributed by atoms with Crippen molar-refractivity contribution in [3.63, 3.8) is 0 Å². The van der Waals surface area contributed by atoms with E-state index in [1.165, 1.54) is 32.1 Å². The van der Waals surface area contributed by atoms with E-state index in [0.29, 0.717) is 25.2 Å². The van der Waals surface area contributed by atoms with Crippen molar-refractivity contribution in [3.05, 3.63) is 0 Å². The van der Waals surface area contributed by atoms with Gasteiger partial charge in [-0.25, -0.2) is 0 Å². The van der Waals surface area contributed by atoms with E-state index < -0.39 is 0 Å². The van der Waals surface area contributed by atoms with Gasteiger partial charge in [0.15, 0.2) is 5.96 Å². The van der Waals surface area contributed by atoms with E-state index in [4.69, 9.17) is 9.47 Å². The lowest BCUT2D eigenvalue weighted by molar-refractivity contribution is 0.0733. The highest BCUT2D eigenvalue weighted by molar-refractivity contribution is 14.0. The Kier molecular flexibility index (Phi) is 12.4. The quantitative estimate of drug-likeness (QED) is 0.264. The number of aliphatic imine (C=N–C) groups is 1. The molecule has 6 heteroatoms. The average molecular weight is 413 g/mol. The normalized spacial score (nSPS) is 17.4. The third-order valence-electron chi connectivity index (χ3n) is 4.24. The number of halogens is 1. The topological polar surface area (TPSA) is 54.9 Å². The van der Waals surface area contributed by atoms with E-state index in [0.717, 1.165) is 19.0 Å². The smallest absolute Gasteiger partial charge is 0.191 e. The van der Waals surface area contributed by atoms with Crippen molar-refractivity contribution in [2.24, 2.45) is 10.4 Å². The van der Waals surface area contributed by atoms with Crippen molar-refractivity contribution < 1.29 is 9.47 Å². The van der Waals surface area contributed by atoms with E-state index in [2.05, 4.69) is 22.5 Å². The molecule has 0 atom stereocenters. The lowest BCUT2D eigenvalue weighted by Gasteiger charge is -2.28. The van der Waals surface area contributed by atoms with E-state index in [1.807, 2.05) is 7.05 Å². The van der Waals surface area contributed by atoms with Crippen LogP contribution in [0.1, 0.15) is 39.0 Å². The van der Waals surface area contributed by atoms with Crippen LogP contribution in [0.5, 0.6) is 0 Å². The Balaban J connectivity index is 0.00000400. The summed E-state index contributed by atoms with van der Waals surface area (Å²) < 4.78 is 10.3. The second-order valence-electron chi connectivity index (χ2n) is 5.52. The Bertz CT molecular complexity index is 282. The molecule has 0 spiro atoms. The van der Waals surface area contributed by atoms with E-state index in [1.54, 1.807) is 7.11 Å². The van der Waals surface area contributed by atoms with Crippen molar-refractivity contribution in [1.29, 1.82) is 0 Å². The van der Waals surface area contributed by atoms with Crippen LogP contribution in [0.25, 0.3) is 0 Å². The molecule has 5 nitrogen and oxygen atoms in total. The monoisotopic (exact) mass is 413 g/mol. The van der Waals surface area contributed by atoms with E-state index in [-0.39, 0.29) is 24.0 Å². The molecular formula is C15H32IN3O2. The first-order valence-electron chi connectivity index (χ1n) is 7.77. The molecule has 0 aromatic rings. The molecule has 2 N–H and O–H groups in total. The molecule has 126 valence electrons. The molecule has 1 rings (SSSR count). The fourth-order valence-corrected chi connectivity index (χ4v) is 2.76. The Morgan fingerprint density at radius 3 is 2.43 bits per heavy atom. The third-order valence-corrected chi connectivity index (χ3v) is 4.24. The predicted octanol–water partition coefficient (Wildman–Crippen LogP) is 2.40. The van der Waals surface area contributed by atoms with Crippen LogP contribution < -0.4 is 10.6 Å². The molecule has 0 bridgehead atoms. The van der Waals surface area contributed by atoms with Gasteiger partial charge in [-0.1, -0.05) is 19.8 Å². The summed E-state index contributed by atoms with van der Waals surface area (Å²) in [6.45, 7) is 6.04. The number of hydrogen-bond acceptors (Lipinski definition) is 3. The van der Waals surface area contributed by atoms with Crippen LogP contribution in [0.3, 0.4) is 0 Å². The molecule has 21 heavy (non-hydrogen) atoms. The van der Waals surface area contributed by atoms with E-state index >= 15 is 0 Å². The molecular weight excluding hydrogens is 381 g/mol. The molecule has 0 aliphatic heterocycles. The number of nitrogens with zero attached hydrogens (tertiary/aromatic N) is 1. The van der Waals surface area contributed by atoms with Gasteiger partial charge in [0.1, 0.15) is 0 Å². The van der Waals surface area contributed by atoms with Crippen molar-refractivity contribution in [1.82, 2.24) is 10.6 Å². The highest BCUT2D eigenvalue weighted by Crippen LogP contribution is 2.40. The van der Waals surface area contributed by atoms with Crippen LogP contribution in [0.15, 0.2) is 4.99 Å². The first-order valence-corrected chi connectivity index (χ1v) is 7.77. The number of hydrogen-bond donors (Lipinski definition) is 2. The molecule has 0 aromatic carbocycles. The van der Waals surface area contributed by atoms with Crippen molar-refractivity contribution >= 4 is 29.9 Å². The zero-order chi connectivity index (χ0) is 14.7. The number of rotatable bonds is 9. The van der Waals surface area contributed by atoms with Crippen LogP contribution in [0.2, 0.25) is 0 Å². The molecule has 1 aliphatic rings. The summed E-state index contributed by atoms with van der Waals surface area (Å²) in [6.07, 6.45) is 6.67. The predicted molar refractivity (Wildman–Crippen MR) is 98.7 cm³/mol. The summed E-state index contributed by atoms with van der Waals surface area (Å²) >= 11 is 0. The first kappa shape index (κ1) is 20.9. The maximum Gasteiger partial charge on any atom is 0.191 e. The van der Waals surface area contributed by atoms with Gasteiger partial charge in [-0.2, -0.15) is 0 Å². The standard InChI is InChI=1S/C15H31N3O2.HI/c1-4-15(7-5-6-8-15)13-18-14(16-2)17-9-10-20-12-11-19-3;/h4-13H2,1-3H3,(H2,16,17,18);1H. The first-order chi connectivity index (χ1) is 9.76. The third kappa shape index (κ3) is 8.21. The number of nitrogens with one attached hydrogen (secondary N) is 2. The molecule has 0 aromatic heterocycles. The van der Waals surface area contributed by atoms with Crippen LogP contribution in [-0.4, -0.2) is 53.0 Å². The summed E-state index contributed by atoms with van der Waals surface area (Å²) in [7, 11) is 3.49. The summed E-state index contributed by atoms with van der Waals surface area (Å²) in [5.74, 6) is 0.875. The Labute approximate surface area is 146 Å². The maximum atomic E-state index is 5.42. The van der Waals surface area contributed by atoms with Gasteiger partial charge in [0.25, 0.3) is 0 Å². The van der Waals surface area contributed by atoms with Crippen molar-refractivity contribution in [2.45, 2.75) is 39.0 Å². The molecule has 0 amide bonds. The van der Waals surface area contributed by atoms with Gasteiger partial charge in [-0.3, -0.25) is 4.99 Å². The number of ether oxygens (including phenoxy) is 2. The minimum atomic E-state index is 0. The van der Waals surface area contributed by atoms with Gasteiger partial charge in [0.2, 0.25) is 0 Å². The van der Waals surface area contributed by atoms with E-state index in [9.17, 15) is 0 Å². The fourth-order valence-electron chi connectivity index (χ4n) is 2.76. The summed E-state index contributed by atoms with van der Waals surface area (Å²) in [5.41, 5.74) is 0.479. The Hall–Kier alpha value is -0.0800. The Morgan fingerprint density at radius 1 is 1.14 bits per heavy atom. The molecule has 1 fully saturated rings. The minimum Gasteiger partial charge on any atom is -0.382 e. The molecule has 0 radical (unpaired) electrons. The van der Waals surface area contributed by atoms with Crippen LogP contribution in [0, 0.1) is 5.41 Å². The lowest BCUT2D eigenvalue weighted by Crippen LogP contribution is -2.43. The van der Waals surface area contributed by atoms with Crippen LogP contribution in [0.4, 0.5) is 0 Å². The van der Waals surface area contributed by atoms with Gasteiger partial charge in [0, 0.05) is 27.2 Å². The lowest BCUT2D eigenvalue weighted by atomic mass is 9.83. The zero-order valence-corrected chi connectivity index (χ0v) is 16.1. The summed E-state index contributed by atoms with van der Waals surface area (Å²) in [5, 5.41) is 6.75. The fraction of sp³-hybridized carbons (Fsp3) is 0.933. The second-order valence-corrected chi connectivity index (χ2v) is 5.52. The van der Waals surface area contributed by atoms with Gasteiger partial charge in [0.05, 0.1) is 19.8 Å². The highest BCUT2D eigenvalue weighted by Gasteiger charge is 2.31. The molecule has 1 saturated carbocycles. The van der Waals surface area contributed by atoms with Crippen LogP contribution in [-0.2, 0) is 9.47 Å². The average Bonchev–Trinajstić information content (AvgIpc) is 2.95. The Morgan fingerprint density at radius 2 is 1.86 bits per heavy atom. The van der Waals surface area contributed by atoms with Gasteiger partial charge < -0.3 is 20.1 Å². The summed E-state index contributed by atoms with van der Waals surface area (Å²) in [4.78, 5) is 4.26. The van der Waals surface area contributed by atoms with Gasteiger partial charge in [-0.15, -0.1) is 24.0 Å². The molecule has 1 aliphatic carbocycles. The molecule has 0 heterocycles. The molecule has 0 unspecified atom stereocenters. The van der Waals surface area contributed by atoms with Gasteiger partial charge in [-0.05, 0) is 24.7 Å². The summed E-state index contributed by atoms with van der Waals surface area (Å²) in [6, 6.07) is 0. The van der Waals surface area contributed by atoms with Crippen molar-refractivity contribution in [3.8, 4) is 0 Å². The van der Waals surface area contributed by atoms with Crippen molar-refractivity contribution in [2.75, 3.05) is 47.1 Å². The minimum absolute atomic E-state index is 0. The maximum absolute atomic E-state index is 5.42. The second kappa shape index (κ2) is 12.5. The highest BCUT2D eigenvalue weighted by atomic mass is 127. The zero-order valence-electron chi connectivity index (χ0n) is 13.7. The largest absolute Gasteiger partial charge is 0.382 e. The molecule has 0 saturated heterocycles. The van der Waals surface area contributed by atoms with Gasteiger partial charge >= 0.3 is 0 Å². The SMILES string of the molecule is CCC1(CNC(=NC)NCCOCCOC)CCCC1.I. The van der Waals surface area contributed by atoms with Crippen LogP contribution >= 0.6 is 24.0 Å². The number of methoxy groups -OCH3 is 1.